The molecule has 1 amide bonds. The fourth-order valence-electron chi connectivity index (χ4n) is 10.4. The quantitative estimate of drug-likeness (QED) is 0.0204. The fourth-order valence-corrected chi connectivity index (χ4v) is 10.4. The Balaban J connectivity index is 1.69. The van der Waals surface area contributed by atoms with E-state index in [0.29, 0.717) is 6.42 Å². The first-order chi connectivity index (χ1) is 38.1. The van der Waals surface area contributed by atoms with Crippen molar-refractivity contribution in [2.45, 2.75) is 331 Å². The van der Waals surface area contributed by atoms with Crippen LogP contribution in [0.5, 0.6) is 0 Å². The fraction of sp³-hybridized carbons (Fsp3) is 0.859. The Bertz CT molecular complexity index is 1490. The number of carbonyl (C=O) groups is 1. The highest BCUT2D eigenvalue weighted by molar-refractivity contribution is 5.76. The third kappa shape index (κ3) is 34.4. The third-order valence-corrected chi connectivity index (χ3v) is 15.5. The SMILES string of the molecule is CCCCCCC/C=C\C/C=C\C/C=C\CCCCCCCCCCCCCCCCC(=O)NC(COC1OC(CO)C(OC2OC(CO)C(O)C(O)C2O)C(O)C1O)C(O)/C=C/CCCCCCCCCCCCCCC. The van der Waals surface area contributed by atoms with Gasteiger partial charge in [-0.15, -0.1) is 0 Å². The topological polar surface area (TPSA) is 228 Å². The van der Waals surface area contributed by atoms with Crippen molar-refractivity contribution in [3.63, 3.8) is 0 Å². The van der Waals surface area contributed by atoms with Gasteiger partial charge in [-0.3, -0.25) is 4.79 Å². The standard InChI is InChI=1S/C64H117NO13/c1-3-5-7-9-11-13-15-17-19-20-21-22-23-24-25-26-27-28-29-30-31-32-34-36-38-40-42-44-46-48-56(69)65-52(53(68)47-45-43-41-39-37-35-33-18-16-14-12-10-8-6-4-2)51-75-63-61(74)59(72)62(55(50-67)77-63)78-64-60(73)58(71)57(70)54(49-66)76-64/h15,17,20-21,23-24,45,47,52-55,57-64,66-68,70-74H,3-14,16,18-19,22,25-44,46,48-51H2,1-2H3,(H,65,69)/b17-15-,21-20-,24-23-,47-45+. The number of ether oxygens (including phenoxy) is 4. The largest absolute Gasteiger partial charge is 0.394 e. The van der Waals surface area contributed by atoms with Gasteiger partial charge in [0.15, 0.2) is 12.6 Å². The molecule has 2 fully saturated rings. The molecule has 0 aromatic rings. The van der Waals surface area contributed by atoms with Crippen molar-refractivity contribution >= 4 is 5.91 Å². The van der Waals surface area contributed by atoms with E-state index >= 15 is 0 Å². The second-order valence-corrected chi connectivity index (χ2v) is 22.5. The lowest BCUT2D eigenvalue weighted by atomic mass is 9.97. The molecule has 2 aliphatic heterocycles. The van der Waals surface area contributed by atoms with Gasteiger partial charge in [0.05, 0.1) is 32.0 Å². The summed E-state index contributed by atoms with van der Waals surface area (Å²) in [5, 5.41) is 87.2. The van der Waals surface area contributed by atoms with E-state index in [1.807, 2.05) is 6.08 Å². The number of hydrogen-bond donors (Lipinski definition) is 9. The normalized spacial score (nSPS) is 24.8. The van der Waals surface area contributed by atoms with Crippen molar-refractivity contribution < 1.29 is 64.6 Å². The highest BCUT2D eigenvalue weighted by atomic mass is 16.7. The van der Waals surface area contributed by atoms with Crippen LogP contribution in [0.1, 0.15) is 258 Å². The number of amides is 1. The monoisotopic (exact) mass is 1110 g/mol. The molecule has 456 valence electrons. The maximum Gasteiger partial charge on any atom is 0.220 e. The van der Waals surface area contributed by atoms with E-state index in [2.05, 4.69) is 55.6 Å². The summed E-state index contributed by atoms with van der Waals surface area (Å²) in [5.74, 6) is -0.239. The average Bonchev–Trinajstić information content (AvgIpc) is 3.47. The van der Waals surface area contributed by atoms with Crippen LogP contribution in [0.2, 0.25) is 0 Å². The van der Waals surface area contributed by atoms with Gasteiger partial charge in [-0.25, -0.2) is 0 Å². The van der Waals surface area contributed by atoms with Crippen LogP contribution in [-0.2, 0) is 23.7 Å². The molecule has 14 heteroatoms. The van der Waals surface area contributed by atoms with Crippen LogP contribution in [0, 0.1) is 0 Å². The highest BCUT2D eigenvalue weighted by Crippen LogP contribution is 2.30. The van der Waals surface area contributed by atoms with Gasteiger partial charge in [0.1, 0.15) is 48.8 Å². The molecule has 0 radical (unpaired) electrons. The zero-order valence-electron chi connectivity index (χ0n) is 49.2. The molecule has 0 bridgehead atoms. The molecule has 12 atom stereocenters. The second kappa shape index (κ2) is 49.5. The van der Waals surface area contributed by atoms with Crippen LogP contribution in [0.25, 0.3) is 0 Å². The number of allylic oxidation sites excluding steroid dienone is 7. The number of aliphatic hydroxyl groups excluding tert-OH is 8. The Kier molecular flexibility index (Phi) is 45.8. The number of carbonyl (C=O) groups excluding carboxylic acids is 1. The maximum atomic E-state index is 13.3. The Morgan fingerprint density at radius 3 is 1.29 bits per heavy atom. The van der Waals surface area contributed by atoms with E-state index in [1.165, 1.54) is 180 Å². The summed E-state index contributed by atoms with van der Waals surface area (Å²) in [5.41, 5.74) is 0. The van der Waals surface area contributed by atoms with Crippen molar-refractivity contribution in [2.75, 3.05) is 19.8 Å². The van der Waals surface area contributed by atoms with Crippen LogP contribution < -0.4 is 5.32 Å². The zero-order chi connectivity index (χ0) is 56.7. The van der Waals surface area contributed by atoms with E-state index in [9.17, 15) is 45.6 Å². The van der Waals surface area contributed by atoms with Gasteiger partial charge < -0.3 is 65.1 Å². The van der Waals surface area contributed by atoms with Gasteiger partial charge in [0, 0.05) is 6.42 Å². The Labute approximate surface area is 473 Å². The van der Waals surface area contributed by atoms with Gasteiger partial charge in [0.25, 0.3) is 0 Å². The lowest BCUT2D eigenvalue weighted by Gasteiger charge is -2.46. The molecule has 2 heterocycles. The van der Waals surface area contributed by atoms with Crippen molar-refractivity contribution in [3.8, 4) is 0 Å². The molecule has 78 heavy (non-hydrogen) atoms. The maximum absolute atomic E-state index is 13.3. The third-order valence-electron chi connectivity index (χ3n) is 15.5. The molecular weight excluding hydrogens is 991 g/mol. The predicted octanol–water partition coefficient (Wildman–Crippen LogP) is 11.6. The van der Waals surface area contributed by atoms with E-state index < -0.39 is 86.8 Å². The molecule has 0 saturated carbocycles. The molecule has 9 N–H and O–H groups in total. The summed E-state index contributed by atoms with van der Waals surface area (Å²) in [7, 11) is 0. The van der Waals surface area contributed by atoms with Crippen LogP contribution in [-0.4, -0.2) is 140 Å². The van der Waals surface area contributed by atoms with Gasteiger partial charge in [-0.05, 0) is 57.8 Å². The molecule has 2 rings (SSSR count). The lowest BCUT2D eigenvalue weighted by Crippen LogP contribution is -2.65. The summed E-state index contributed by atoms with van der Waals surface area (Å²) in [6.45, 7) is 2.80. The number of unbranched alkanes of at least 4 members (excludes halogenated alkanes) is 32. The first-order valence-corrected chi connectivity index (χ1v) is 31.9. The van der Waals surface area contributed by atoms with Crippen LogP contribution in [0.15, 0.2) is 48.6 Å². The van der Waals surface area contributed by atoms with E-state index in [0.717, 1.165) is 51.4 Å². The van der Waals surface area contributed by atoms with Crippen LogP contribution in [0.3, 0.4) is 0 Å². The van der Waals surface area contributed by atoms with Crippen LogP contribution in [0.4, 0.5) is 0 Å². The molecule has 14 nitrogen and oxygen atoms in total. The van der Waals surface area contributed by atoms with Gasteiger partial charge >= 0.3 is 0 Å². The average molecular weight is 1110 g/mol. The van der Waals surface area contributed by atoms with Crippen molar-refractivity contribution in [1.29, 1.82) is 0 Å². The number of aliphatic hydroxyl groups is 8. The molecule has 2 saturated heterocycles. The van der Waals surface area contributed by atoms with Crippen LogP contribution >= 0.6 is 0 Å². The molecule has 0 aliphatic carbocycles. The molecule has 12 unspecified atom stereocenters. The second-order valence-electron chi connectivity index (χ2n) is 22.5. The minimum absolute atomic E-state index is 0.239. The van der Waals surface area contributed by atoms with Crippen molar-refractivity contribution in [1.82, 2.24) is 5.32 Å². The smallest absolute Gasteiger partial charge is 0.220 e. The summed E-state index contributed by atoms with van der Waals surface area (Å²) in [6.07, 6.45) is 45.8. The molecule has 0 spiro atoms. The minimum Gasteiger partial charge on any atom is -0.394 e. The Hall–Kier alpha value is -2.05. The first-order valence-electron chi connectivity index (χ1n) is 31.9. The van der Waals surface area contributed by atoms with Gasteiger partial charge in [-0.1, -0.05) is 242 Å². The lowest BCUT2D eigenvalue weighted by molar-refractivity contribution is -0.359. The number of rotatable bonds is 51. The van der Waals surface area contributed by atoms with Crippen molar-refractivity contribution in [2.24, 2.45) is 0 Å². The molecular formula is C64H117NO13. The first kappa shape index (κ1) is 72.1. The zero-order valence-corrected chi connectivity index (χ0v) is 49.2. The number of nitrogens with one attached hydrogen (secondary N) is 1. The van der Waals surface area contributed by atoms with E-state index in [1.54, 1.807) is 6.08 Å². The summed E-state index contributed by atoms with van der Waals surface area (Å²) < 4.78 is 22.8. The summed E-state index contributed by atoms with van der Waals surface area (Å²) >= 11 is 0. The van der Waals surface area contributed by atoms with E-state index in [-0.39, 0.29) is 18.9 Å². The summed E-state index contributed by atoms with van der Waals surface area (Å²) in [4.78, 5) is 13.3. The highest BCUT2D eigenvalue weighted by Gasteiger charge is 2.51. The van der Waals surface area contributed by atoms with Gasteiger partial charge in [-0.2, -0.15) is 0 Å². The van der Waals surface area contributed by atoms with E-state index in [4.69, 9.17) is 18.9 Å². The number of hydrogen-bond acceptors (Lipinski definition) is 13. The Morgan fingerprint density at radius 2 is 0.846 bits per heavy atom. The van der Waals surface area contributed by atoms with Crippen molar-refractivity contribution in [3.05, 3.63) is 48.6 Å². The predicted molar refractivity (Wildman–Crippen MR) is 314 cm³/mol. The molecule has 0 aromatic carbocycles. The van der Waals surface area contributed by atoms with Gasteiger partial charge in [0.2, 0.25) is 5.91 Å². The molecule has 0 aromatic heterocycles. The Morgan fingerprint density at radius 1 is 0.462 bits per heavy atom. The summed E-state index contributed by atoms with van der Waals surface area (Å²) in [6, 6.07) is -0.915. The minimum atomic E-state index is -1.79. The molecule has 2 aliphatic rings.